The Morgan fingerprint density at radius 1 is 1.14 bits per heavy atom. The number of amides is 1. The van der Waals surface area contributed by atoms with Crippen LogP contribution >= 0.6 is 0 Å². The number of nitrogens with one attached hydrogen (secondary N) is 1. The van der Waals surface area contributed by atoms with Gasteiger partial charge in [-0.3, -0.25) is 4.79 Å². The molecule has 1 fully saturated rings. The minimum Gasteiger partial charge on any atom is -0.410 e. The number of carbonyl (C=O) groups excluding carboxylic acids is 1. The van der Waals surface area contributed by atoms with Crippen molar-refractivity contribution in [2.24, 2.45) is 0 Å². The topological polar surface area (TPSA) is 75.2 Å². The molecule has 1 saturated heterocycles. The van der Waals surface area contributed by atoms with Crippen LogP contribution in [0.4, 0.5) is 0 Å². The summed E-state index contributed by atoms with van der Waals surface area (Å²) in [5.41, 5.74) is 0. The molecular weight excluding hydrogens is 306 g/mol. The first-order chi connectivity index (χ1) is 10.2. The molecule has 130 valence electrons. The summed E-state index contributed by atoms with van der Waals surface area (Å²) < 4.78 is 28.4. The van der Waals surface area contributed by atoms with Gasteiger partial charge in [0.2, 0.25) is 5.91 Å². The lowest BCUT2D eigenvalue weighted by Gasteiger charge is -2.47. The van der Waals surface area contributed by atoms with Crippen molar-refractivity contribution in [3.63, 3.8) is 0 Å². The van der Waals surface area contributed by atoms with Gasteiger partial charge in [0.1, 0.15) is 18.2 Å². The lowest BCUT2D eigenvalue weighted by atomic mass is 9.96. The molecule has 0 spiro atoms. The van der Waals surface area contributed by atoms with E-state index in [1.165, 1.54) is 6.92 Å². The highest BCUT2D eigenvalue weighted by Gasteiger charge is 2.48. The molecule has 7 nitrogen and oxygen atoms in total. The molecule has 1 N–H and O–H groups in total. The Labute approximate surface area is 133 Å². The molecule has 0 aromatic heterocycles. The fraction of sp³-hybridized carbons (Fsp3) is 0.929. The molecular formula is C14H29NO6Si. The van der Waals surface area contributed by atoms with Gasteiger partial charge in [-0.25, -0.2) is 0 Å². The molecule has 0 bridgehead atoms. The molecule has 1 aliphatic heterocycles. The predicted octanol–water partition coefficient (Wildman–Crippen LogP) is 0.744. The minimum absolute atomic E-state index is 0.167. The van der Waals surface area contributed by atoms with Crippen molar-refractivity contribution in [3.05, 3.63) is 0 Å². The van der Waals surface area contributed by atoms with E-state index in [4.69, 9.17) is 23.4 Å². The highest BCUT2D eigenvalue weighted by molar-refractivity contribution is 6.69. The van der Waals surface area contributed by atoms with Gasteiger partial charge >= 0.3 is 0 Å². The van der Waals surface area contributed by atoms with Crippen molar-refractivity contribution in [2.75, 3.05) is 27.9 Å². The lowest BCUT2D eigenvalue weighted by molar-refractivity contribution is -0.265. The van der Waals surface area contributed by atoms with Gasteiger partial charge in [0.25, 0.3) is 0 Å². The van der Waals surface area contributed by atoms with E-state index < -0.39 is 20.6 Å². The molecule has 0 aromatic carbocycles. The van der Waals surface area contributed by atoms with Crippen molar-refractivity contribution in [1.29, 1.82) is 0 Å². The molecule has 5 atom stereocenters. The third-order valence-corrected chi connectivity index (χ3v) is 4.32. The van der Waals surface area contributed by atoms with E-state index in [2.05, 4.69) is 25.0 Å². The zero-order valence-corrected chi connectivity index (χ0v) is 15.5. The Kier molecular flexibility index (Phi) is 7.43. The Bertz CT molecular complexity index is 362. The highest BCUT2D eigenvalue weighted by Crippen LogP contribution is 2.28. The lowest BCUT2D eigenvalue weighted by Crippen LogP contribution is -2.67. The summed E-state index contributed by atoms with van der Waals surface area (Å²) >= 11 is 0. The summed E-state index contributed by atoms with van der Waals surface area (Å²) in [6.07, 6.45) is -1.66. The summed E-state index contributed by atoms with van der Waals surface area (Å²) in [5.74, 6) is -0.167. The first-order valence-corrected chi connectivity index (χ1v) is 10.8. The molecule has 1 aliphatic rings. The summed E-state index contributed by atoms with van der Waals surface area (Å²) in [6.45, 7) is 8.09. The number of hydrogen-bond donors (Lipinski definition) is 1. The summed E-state index contributed by atoms with van der Waals surface area (Å²) in [7, 11) is 2.88. The van der Waals surface area contributed by atoms with Gasteiger partial charge in [-0.05, 0) is 19.6 Å². The van der Waals surface area contributed by atoms with Crippen LogP contribution in [0.3, 0.4) is 0 Å². The maximum atomic E-state index is 11.6. The smallest absolute Gasteiger partial charge is 0.217 e. The average Bonchev–Trinajstić information content (AvgIpc) is 2.39. The first kappa shape index (κ1) is 19.5. The zero-order valence-electron chi connectivity index (χ0n) is 14.5. The Hall–Kier alpha value is -0.513. The number of carbonyl (C=O) groups is 1. The van der Waals surface area contributed by atoms with E-state index in [0.29, 0.717) is 6.61 Å². The van der Waals surface area contributed by atoms with Crippen LogP contribution in [0, 0.1) is 0 Å². The SMILES string of the molecule is COC[C@H]1O[C@H](OC)[C@H](NC(C)=O)[C@@H](O[Si](C)(C)C)[C@@H]1OC. The van der Waals surface area contributed by atoms with Crippen LogP contribution in [-0.2, 0) is 28.2 Å². The highest BCUT2D eigenvalue weighted by atomic mass is 28.4. The van der Waals surface area contributed by atoms with E-state index in [0.717, 1.165) is 0 Å². The van der Waals surface area contributed by atoms with E-state index in [1.807, 2.05) is 0 Å². The van der Waals surface area contributed by atoms with Crippen LogP contribution in [0.2, 0.25) is 19.6 Å². The third kappa shape index (κ3) is 5.29. The molecule has 0 radical (unpaired) electrons. The van der Waals surface area contributed by atoms with Crippen LogP contribution in [0.1, 0.15) is 6.92 Å². The van der Waals surface area contributed by atoms with Crippen LogP contribution < -0.4 is 5.32 Å². The number of rotatable bonds is 7. The molecule has 8 heteroatoms. The molecule has 0 saturated carbocycles. The van der Waals surface area contributed by atoms with Gasteiger partial charge in [-0.1, -0.05) is 0 Å². The van der Waals surface area contributed by atoms with Crippen molar-refractivity contribution >= 4 is 14.2 Å². The van der Waals surface area contributed by atoms with Crippen LogP contribution in [-0.4, -0.2) is 72.8 Å². The number of hydrogen-bond acceptors (Lipinski definition) is 6. The van der Waals surface area contributed by atoms with Crippen molar-refractivity contribution in [2.45, 2.75) is 57.2 Å². The third-order valence-electron chi connectivity index (χ3n) is 3.34. The van der Waals surface area contributed by atoms with Gasteiger partial charge in [0, 0.05) is 28.3 Å². The summed E-state index contributed by atoms with van der Waals surface area (Å²) in [5, 5.41) is 2.87. The second-order valence-corrected chi connectivity index (χ2v) is 10.8. The van der Waals surface area contributed by atoms with Gasteiger partial charge in [-0.15, -0.1) is 0 Å². The number of ether oxygens (including phenoxy) is 4. The van der Waals surface area contributed by atoms with Crippen LogP contribution in [0.15, 0.2) is 0 Å². The normalized spacial score (nSPS) is 32.8. The summed E-state index contributed by atoms with van der Waals surface area (Å²) in [6, 6.07) is -0.438. The van der Waals surface area contributed by atoms with Crippen molar-refractivity contribution in [1.82, 2.24) is 5.32 Å². The van der Waals surface area contributed by atoms with Crippen molar-refractivity contribution < 1.29 is 28.2 Å². The maximum Gasteiger partial charge on any atom is 0.217 e. The summed E-state index contributed by atoms with van der Waals surface area (Å²) in [4.78, 5) is 11.6. The fourth-order valence-electron chi connectivity index (χ4n) is 2.63. The minimum atomic E-state index is -1.87. The van der Waals surface area contributed by atoms with Gasteiger partial charge in [0.15, 0.2) is 14.6 Å². The molecule has 0 aliphatic carbocycles. The van der Waals surface area contributed by atoms with Gasteiger partial charge < -0.3 is 28.7 Å². The zero-order chi connectivity index (χ0) is 16.9. The molecule has 1 rings (SSSR count). The maximum absolute atomic E-state index is 11.6. The molecule has 22 heavy (non-hydrogen) atoms. The van der Waals surface area contributed by atoms with Crippen LogP contribution in [0.5, 0.6) is 0 Å². The monoisotopic (exact) mass is 335 g/mol. The van der Waals surface area contributed by atoms with E-state index >= 15 is 0 Å². The van der Waals surface area contributed by atoms with Gasteiger partial charge in [-0.2, -0.15) is 0 Å². The molecule has 1 heterocycles. The van der Waals surface area contributed by atoms with E-state index in [9.17, 15) is 4.79 Å². The van der Waals surface area contributed by atoms with Crippen LogP contribution in [0.25, 0.3) is 0 Å². The average molecular weight is 335 g/mol. The van der Waals surface area contributed by atoms with E-state index in [1.54, 1.807) is 21.3 Å². The molecule has 1 amide bonds. The Morgan fingerprint density at radius 3 is 2.18 bits per heavy atom. The quantitative estimate of drug-likeness (QED) is 0.692. The second kappa shape index (κ2) is 8.37. The molecule has 0 unspecified atom stereocenters. The Balaban J connectivity index is 3.10. The Morgan fingerprint density at radius 2 is 1.77 bits per heavy atom. The van der Waals surface area contributed by atoms with Crippen molar-refractivity contribution in [3.8, 4) is 0 Å². The first-order valence-electron chi connectivity index (χ1n) is 7.38. The predicted molar refractivity (Wildman–Crippen MR) is 84.2 cm³/mol. The second-order valence-electron chi connectivity index (χ2n) is 6.36. The number of methoxy groups -OCH3 is 3. The largest absolute Gasteiger partial charge is 0.410 e. The van der Waals surface area contributed by atoms with Gasteiger partial charge in [0.05, 0.1) is 12.7 Å². The van der Waals surface area contributed by atoms with E-state index in [-0.39, 0.29) is 24.2 Å². The molecule has 0 aromatic rings. The standard InChI is InChI=1S/C14H29NO6Si/c1-9(16)15-11-13(21-22(5,6)7)12(18-3)10(8-17-2)20-14(11)19-4/h10-14H,8H2,1-7H3,(H,15,16)/t10-,11-,12-,13-,14+/m1/s1. The fourth-order valence-corrected chi connectivity index (χ4v) is 3.72.